The van der Waals surface area contributed by atoms with E-state index in [0.29, 0.717) is 12.3 Å². The Morgan fingerprint density at radius 1 is 1.00 bits per heavy atom. The van der Waals surface area contributed by atoms with Gasteiger partial charge in [0.25, 0.3) is 0 Å². The summed E-state index contributed by atoms with van der Waals surface area (Å²) in [6.45, 7) is 4.41. The second-order valence-electron chi connectivity index (χ2n) is 6.05. The Morgan fingerprint density at radius 2 is 1.69 bits per heavy atom. The van der Waals surface area contributed by atoms with Crippen LogP contribution in [0.2, 0.25) is 0 Å². The first-order valence-corrected chi connectivity index (χ1v) is 7.75. The summed E-state index contributed by atoms with van der Waals surface area (Å²) < 4.78 is 25.9. The molecule has 0 nitrogen and oxygen atoms in total. The first-order chi connectivity index (χ1) is 11.0. The number of halogens is 4. The molecule has 1 aliphatic carbocycles. The number of hydrogen-bond acceptors (Lipinski definition) is 0. The van der Waals surface area contributed by atoms with Gasteiger partial charge < -0.3 is 24.8 Å². The van der Waals surface area contributed by atoms with Gasteiger partial charge in [-0.15, -0.1) is 23.3 Å². The van der Waals surface area contributed by atoms with Crippen LogP contribution in [0.4, 0.5) is 8.78 Å². The van der Waals surface area contributed by atoms with Crippen LogP contribution in [-0.4, -0.2) is 0 Å². The Hall–Kier alpha value is -0.887. The largest absolute Gasteiger partial charge is 4.00 e. The predicted molar refractivity (Wildman–Crippen MR) is 89.6 cm³/mol. The van der Waals surface area contributed by atoms with E-state index in [4.69, 9.17) is 0 Å². The molecule has 1 aliphatic rings. The van der Waals surface area contributed by atoms with E-state index in [1.54, 1.807) is 12.1 Å². The van der Waals surface area contributed by atoms with Gasteiger partial charge >= 0.3 is 26.2 Å². The second-order valence-corrected chi connectivity index (χ2v) is 6.05. The van der Waals surface area contributed by atoms with Crippen LogP contribution in [0.3, 0.4) is 0 Å². The summed E-state index contributed by atoms with van der Waals surface area (Å²) in [6.07, 6.45) is 0.570. The molecule has 26 heavy (non-hydrogen) atoms. The van der Waals surface area contributed by atoms with Crippen molar-refractivity contribution in [1.82, 2.24) is 0 Å². The summed E-state index contributed by atoms with van der Waals surface area (Å²) in [5, 5.41) is 0. The molecule has 3 aromatic rings. The standard InChI is InChI=1S/C13H7F2.C8H11.2ClH.Zr/c14-10-1-3-12-8(6-10)5-9-7-11(15)2-4-13(9)12;1-7(2)8-5-3-4-6-8;;;/h1-4,6H,5H2;3-7H,1-2H3;2*1H;/q2*-1;;;+4/p-2. The van der Waals surface area contributed by atoms with Crippen LogP contribution in [0, 0.1) is 17.7 Å². The molecule has 0 aromatic heterocycles. The van der Waals surface area contributed by atoms with Crippen LogP contribution >= 0.6 is 0 Å². The molecule has 0 atom stereocenters. The maximum absolute atomic E-state index is 13.0. The Morgan fingerprint density at radius 3 is 2.27 bits per heavy atom. The molecule has 0 fully saturated rings. The van der Waals surface area contributed by atoms with E-state index in [1.807, 2.05) is 0 Å². The van der Waals surface area contributed by atoms with Crippen LogP contribution in [0.15, 0.2) is 54.6 Å². The molecule has 0 radical (unpaired) electrons. The van der Waals surface area contributed by atoms with Crippen LogP contribution in [0.1, 0.15) is 36.5 Å². The second kappa shape index (κ2) is 11.1. The molecule has 0 N–H and O–H groups in total. The predicted octanol–water partition coefficient (Wildman–Crippen LogP) is -0.129. The molecule has 4 rings (SSSR count). The average molecular weight is 471 g/mol. The Kier molecular flexibility index (Phi) is 10.7. The van der Waals surface area contributed by atoms with Crippen molar-refractivity contribution in [2.24, 2.45) is 0 Å². The van der Waals surface area contributed by atoms with Gasteiger partial charge in [-0.3, -0.25) is 0 Å². The zero-order chi connectivity index (χ0) is 16.4. The number of fused-ring (bicyclic) bond motifs is 3. The fourth-order valence-corrected chi connectivity index (χ4v) is 2.84. The molecule has 0 saturated heterocycles. The van der Waals surface area contributed by atoms with E-state index in [-0.39, 0.29) is 62.7 Å². The third-order valence-corrected chi connectivity index (χ3v) is 4.07. The molecule has 134 valence electrons. The minimum Gasteiger partial charge on any atom is -1.00 e. The minimum atomic E-state index is -0.359. The maximum Gasteiger partial charge on any atom is 4.00 e. The average Bonchev–Trinajstić information content (AvgIpc) is 3.14. The fourth-order valence-electron chi connectivity index (χ4n) is 2.84. The molecule has 3 aromatic carbocycles. The summed E-state index contributed by atoms with van der Waals surface area (Å²) in [4.78, 5) is 0. The van der Waals surface area contributed by atoms with Gasteiger partial charge in [-0.05, 0) is 30.0 Å². The fraction of sp³-hybridized carbons (Fsp3) is 0.190. The Bertz CT molecular complexity index is 765. The van der Waals surface area contributed by atoms with Gasteiger partial charge in [0.1, 0.15) is 5.82 Å². The first-order valence-electron chi connectivity index (χ1n) is 7.75. The van der Waals surface area contributed by atoms with E-state index >= 15 is 0 Å². The monoisotopic (exact) mass is 468 g/mol. The molecule has 0 aliphatic heterocycles. The van der Waals surface area contributed by atoms with E-state index < -0.39 is 0 Å². The molecular formula is C21H18Cl2F2Zr. The van der Waals surface area contributed by atoms with Crippen molar-refractivity contribution in [2.75, 3.05) is 0 Å². The number of benzene rings is 2. The summed E-state index contributed by atoms with van der Waals surface area (Å²) in [5.74, 6) is 0.0778. The Balaban J connectivity index is 0.000000497. The Labute approximate surface area is 185 Å². The summed E-state index contributed by atoms with van der Waals surface area (Å²) in [5.41, 5.74) is 5.11. The van der Waals surface area contributed by atoms with E-state index in [0.717, 1.165) is 22.3 Å². The van der Waals surface area contributed by atoms with Crippen molar-refractivity contribution >= 4 is 0 Å². The summed E-state index contributed by atoms with van der Waals surface area (Å²) >= 11 is 0. The van der Waals surface area contributed by atoms with E-state index in [2.05, 4.69) is 44.2 Å². The van der Waals surface area contributed by atoms with Gasteiger partial charge in [0.05, 0.1) is 0 Å². The molecule has 0 spiro atoms. The summed E-state index contributed by atoms with van der Waals surface area (Å²) in [7, 11) is 0. The molecule has 0 amide bonds. The number of hydrogen-bond donors (Lipinski definition) is 0. The van der Waals surface area contributed by atoms with Gasteiger partial charge in [-0.2, -0.15) is 23.8 Å². The van der Waals surface area contributed by atoms with Crippen molar-refractivity contribution in [3.8, 4) is 11.1 Å². The van der Waals surface area contributed by atoms with Crippen molar-refractivity contribution in [1.29, 1.82) is 0 Å². The maximum atomic E-state index is 13.0. The van der Waals surface area contributed by atoms with Crippen LogP contribution in [0.25, 0.3) is 11.1 Å². The SMILES string of the molecule is CC(C)c1ccc[cH-]1.Fc1[c-]c2c(cc1)-c1ccc(F)cc1C2.[Cl-].[Cl-].[Zr+4]. The van der Waals surface area contributed by atoms with Crippen molar-refractivity contribution in [3.63, 3.8) is 0 Å². The molecule has 0 heterocycles. The van der Waals surface area contributed by atoms with Gasteiger partial charge in [0, 0.05) is 5.82 Å². The first kappa shape index (κ1) is 25.1. The van der Waals surface area contributed by atoms with Crippen LogP contribution < -0.4 is 24.8 Å². The molecule has 0 bridgehead atoms. The quantitative estimate of drug-likeness (QED) is 0.340. The van der Waals surface area contributed by atoms with Crippen LogP contribution in [-0.2, 0) is 32.6 Å². The van der Waals surface area contributed by atoms with Crippen molar-refractivity contribution in [3.05, 3.63) is 89.0 Å². The van der Waals surface area contributed by atoms with Gasteiger partial charge in [-0.1, -0.05) is 25.5 Å². The third kappa shape index (κ3) is 5.81. The normalized spacial score (nSPS) is 10.3. The minimum absolute atomic E-state index is 0. The zero-order valence-electron chi connectivity index (χ0n) is 14.5. The van der Waals surface area contributed by atoms with Gasteiger partial charge in [0.2, 0.25) is 0 Å². The van der Waals surface area contributed by atoms with Crippen molar-refractivity contribution in [2.45, 2.75) is 26.2 Å². The van der Waals surface area contributed by atoms with Gasteiger partial charge in [-0.25, -0.2) is 20.9 Å². The smallest absolute Gasteiger partial charge is 1.00 e. The number of rotatable bonds is 1. The van der Waals surface area contributed by atoms with Gasteiger partial charge in [0.15, 0.2) is 0 Å². The molecular weight excluding hydrogens is 452 g/mol. The van der Waals surface area contributed by atoms with E-state index in [9.17, 15) is 8.78 Å². The topological polar surface area (TPSA) is 0 Å². The molecule has 5 heteroatoms. The molecule has 0 unspecified atom stereocenters. The molecule has 0 saturated carbocycles. The zero-order valence-corrected chi connectivity index (χ0v) is 18.5. The van der Waals surface area contributed by atoms with E-state index in [1.165, 1.54) is 23.8 Å². The van der Waals surface area contributed by atoms with Crippen molar-refractivity contribution < 1.29 is 59.8 Å². The summed E-state index contributed by atoms with van der Waals surface area (Å²) in [6, 6.07) is 18.9. The third-order valence-electron chi connectivity index (χ3n) is 4.07. The van der Waals surface area contributed by atoms with Crippen LogP contribution in [0.5, 0.6) is 0 Å².